The van der Waals surface area contributed by atoms with Crippen molar-refractivity contribution < 1.29 is 18.8 Å². The number of pyridine rings is 1. The number of carbonyl (C=O) groups is 2. The second kappa shape index (κ2) is 7.66. The molecule has 1 amide bonds. The van der Waals surface area contributed by atoms with E-state index in [4.69, 9.17) is 9.26 Å². The molecule has 1 aliphatic carbocycles. The van der Waals surface area contributed by atoms with Gasteiger partial charge in [-0.1, -0.05) is 31.8 Å². The van der Waals surface area contributed by atoms with Crippen LogP contribution < -0.4 is 5.32 Å². The number of aromatic nitrogens is 2. The Morgan fingerprint density at radius 2 is 2.04 bits per heavy atom. The van der Waals surface area contributed by atoms with Crippen molar-refractivity contribution in [1.82, 2.24) is 15.5 Å². The molecule has 1 fully saturated rings. The molecule has 0 saturated heterocycles. The molecule has 0 aromatic carbocycles. The van der Waals surface area contributed by atoms with Gasteiger partial charge in [0, 0.05) is 11.7 Å². The van der Waals surface area contributed by atoms with Crippen molar-refractivity contribution in [3.05, 3.63) is 23.0 Å². The molecule has 2 heterocycles. The lowest BCUT2D eigenvalue weighted by molar-refractivity contribution is -0.130. The molecule has 1 saturated carbocycles. The molecule has 7 heteroatoms. The summed E-state index contributed by atoms with van der Waals surface area (Å²) in [4.78, 5) is 29.5. The minimum Gasteiger partial charge on any atom is -0.449 e. The first-order valence-electron chi connectivity index (χ1n) is 9.53. The normalized spacial score (nSPS) is 23.8. The van der Waals surface area contributed by atoms with Gasteiger partial charge in [-0.05, 0) is 45.1 Å². The molecule has 1 aliphatic rings. The van der Waals surface area contributed by atoms with E-state index in [0.717, 1.165) is 12.8 Å². The number of carbonyl (C=O) groups excluding carboxylic acids is 2. The van der Waals surface area contributed by atoms with Gasteiger partial charge in [0.15, 0.2) is 6.10 Å². The number of hydrogen-bond acceptors (Lipinski definition) is 6. The third-order valence-electron chi connectivity index (χ3n) is 5.65. The zero-order valence-corrected chi connectivity index (χ0v) is 16.5. The smallest absolute Gasteiger partial charge is 0.339 e. The Morgan fingerprint density at radius 3 is 2.78 bits per heavy atom. The van der Waals surface area contributed by atoms with Gasteiger partial charge in [0.05, 0.1) is 16.6 Å². The summed E-state index contributed by atoms with van der Waals surface area (Å²) in [5.41, 5.74) is 1.79. The molecular weight excluding hydrogens is 346 g/mol. The van der Waals surface area contributed by atoms with Crippen LogP contribution in [0.5, 0.6) is 0 Å². The largest absolute Gasteiger partial charge is 0.449 e. The molecular formula is C20H27N3O4. The van der Waals surface area contributed by atoms with Gasteiger partial charge in [0.2, 0.25) is 0 Å². The second-order valence-corrected chi connectivity index (χ2v) is 7.69. The summed E-state index contributed by atoms with van der Waals surface area (Å²) in [5, 5.41) is 7.43. The predicted octanol–water partition coefficient (Wildman–Crippen LogP) is 3.33. The van der Waals surface area contributed by atoms with E-state index < -0.39 is 12.1 Å². The molecule has 4 atom stereocenters. The van der Waals surface area contributed by atoms with E-state index in [1.165, 1.54) is 6.42 Å². The zero-order valence-electron chi connectivity index (χ0n) is 16.5. The highest BCUT2D eigenvalue weighted by atomic mass is 16.5. The molecule has 0 aliphatic heterocycles. The van der Waals surface area contributed by atoms with Crippen LogP contribution in [0.1, 0.15) is 61.8 Å². The summed E-state index contributed by atoms with van der Waals surface area (Å²) in [7, 11) is 0. The van der Waals surface area contributed by atoms with Crippen molar-refractivity contribution in [2.24, 2.45) is 11.8 Å². The van der Waals surface area contributed by atoms with Crippen LogP contribution in [0.4, 0.5) is 0 Å². The van der Waals surface area contributed by atoms with Crippen LogP contribution in [0.25, 0.3) is 11.1 Å². The molecule has 1 N–H and O–H groups in total. The first-order chi connectivity index (χ1) is 12.8. The topological polar surface area (TPSA) is 94.3 Å². The third-order valence-corrected chi connectivity index (χ3v) is 5.65. The maximum atomic E-state index is 12.7. The van der Waals surface area contributed by atoms with Gasteiger partial charge in [-0.15, -0.1) is 0 Å². The Hall–Kier alpha value is -2.44. The maximum Gasteiger partial charge on any atom is 0.339 e. The number of ether oxygens (including phenoxy) is 1. The number of rotatable bonds is 4. The van der Waals surface area contributed by atoms with E-state index in [-0.39, 0.29) is 11.9 Å². The van der Waals surface area contributed by atoms with Crippen molar-refractivity contribution >= 4 is 23.0 Å². The summed E-state index contributed by atoms with van der Waals surface area (Å²) in [6.07, 6.45) is 2.37. The molecule has 2 aromatic heterocycles. The fourth-order valence-electron chi connectivity index (χ4n) is 3.74. The monoisotopic (exact) mass is 373 g/mol. The van der Waals surface area contributed by atoms with Crippen LogP contribution in [0, 0.1) is 25.7 Å². The maximum absolute atomic E-state index is 12.7. The second-order valence-electron chi connectivity index (χ2n) is 7.69. The minimum atomic E-state index is -0.884. The average Bonchev–Trinajstić information content (AvgIpc) is 2.98. The van der Waals surface area contributed by atoms with Crippen LogP contribution in [-0.4, -0.2) is 34.2 Å². The Bertz CT molecular complexity index is 860. The number of fused-ring (bicyclic) bond motifs is 1. The molecule has 0 bridgehead atoms. The van der Waals surface area contributed by atoms with Gasteiger partial charge in [-0.2, -0.15) is 0 Å². The standard InChI is InChI=1S/C20H27N3O4/c1-10-7-6-8-16(12(10)3)22-18(24)14(5)26-20(25)15-9-11(2)21-19-17(15)13(4)23-27-19/h9-10,12,14,16H,6-8H2,1-5H3,(H,22,24)/t10-,12+,14+,16+/m0/s1. The Balaban J connectivity index is 1.70. The number of esters is 1. The van der Waals surface area contributed by atoms with Crippen LogP contribution in [0.15, 0.2) is 10.6 Å². The lowest BCUT2D eigenvalue weighted by atomic mass is 9.78. The molecule has 0 spiro atoms. The molecule has 27 heavy (non-hydrogen) atoms. The number of hydrogen-bond donors (Lipinski definition) is 1. The van der Waals surface area contributed by atoms with Crippen LogP contribution >= 0.6 is 0 Å². The summed E-state index contributed by atoms with van der Waals surface area (Å²) >= 11 is 0. The highest BCUT2D eigenvalue weighted by Crippen LogP contribution is 2.29. The fourth-order valence-corrected chi connectivity index (χ4v) is 3.74. The van der Waals surface area contributed by atoms with Gasteiger partial charge in [-0.3, -0.25) is 4.79 Å². The molecule has 3 rings (SSSR count). The van der Waals surface area contributed by atoms with E-state index in [0.29, 0.717) is 39.9 Å². The molecule has 146 valence electrons. The number of nitrogens with one attached hydrogen (secondary N) is 1. The van der Waals surface area contributed by atoms with E-state index in [1.807, 2.05) is 0 Å². The van der Waals surface area contributed by atoms with E-state index in [9.17, 15) is 9.59 Å². The summed E-state index contributed by atoms with van der Waals surface area (Å²) in [6, 6.07) is 1.75. The van der Waals surface area contributed by atoms with Crippen LogP contribution in [0.3, 0.4) is 0 Å². The molecule has 2 aromatic rings. The lowest BCUT2D eigenvalue weighted by Gasteiger charge is -2.35. The summed E-state index contributed by atoms with van der Waals surface area (Å²) in [6.45, 7) is 9.47. The van der Waals surface area contributed by atoms with E-state index in [1.54, 1.807) is 26.8 Å². The quantitative estimate of drug-likeness (QED) is 0.826. The van der Waals surface area contributed by atoms with Crippen molar-refractivity contribution in [2.75, 3.05) is 0 Å². The van der Waals surface area contributed by atoms with Gasteiger partial charge >= 0.3 is 5.97 Å². The van der Waals surface area contributed by atoms with Crippen molar-refractivity contribution in [2.45, 2.75) is 66.0 Å². The van der Waals surface area contributed by atoms with Crippen molar-refractivity contribution in [1.29, 1.82) is 0 Å². The predicted molar refractivity (Wildman–Crippen MR) is 100 cm³/mol. The first kappa shape index (κ1) is 19.3. The SMILES string of the molecule is Cc1cc(C(=O)O[C@H](C)C(=O)N[C@@H]2CCC[C@H](C)[C@H]2C)c2c(C)noc2n1. The van der Waals surface area contributed by atoms with E-state index >= 15 is 0 Å². The summed E-state index contributed by atoms with van der Waals surface area (Å²) < 4.78 is 10.6. The molecule has 0 unspecified atom stereocenters. The van der Waals surface area contributed by atoms with Crippen LogP contribution in [0.2, 0.25) is 0 Å². The highest BCUT2D eigenvalue weighted by Gasteiger charge is 2.30. The number of amides is 1. The van der Waals surface area contributed by atoms with Gasteiger partial charge in [0.25, 0.3) is 11.6 Å². The Morgan fingerprint density at radius 1 is 1.30 bits per heavy atom. The molecule has 0 radical (unpaired) electrons. The van der Waals surface area contributed by atoms with Gasteiger partial charge in [-0.25, -0.2) is 9.78 Å². The first-order valence-corrected chi connectivity index (χ1v) is 9.53. The lowest BCUT2D eigenvalue weighted by Crippen LogP contribution is -2.47. The van der Waals surface area contributed by atoms with Crippen molar-refractivity contribution in [3.63, 3.8) is 0 Å². The number of nitrogens with zero attached hydrogens (tertiary/aromatic N) is 2. The van der Waals surface area contributed by atoms with Crippen LogP contribution in [-0.2, 0) is 9.53 Å². The summed E-state index contributed by atoms with van der Waals surface area (Å²) in [5.74, 6) is 0.141. The minimum absolute atomic E-state index is 0.123. The van der Waals surface area contributed by atoms with Crippen molar-refractivity contribution in [3.8, 4) is 0 Å². The molecule has 7 nitrogen and oxygen atoms in total. The number of aryl methyl sites for hydroxylation is 2. The van der Waals surface area contributed by atoms with E-state index in [2.05, 4.69) is 29.3 Å². The zero-order chi connectivity index (χ0) is 19.7. The highest BCUT2D eigenvalue weighted by molar-refractivity contribution is 6.04. The average molecular weight is 373 g/mol. The Kier molecular flexibility index (Phi) is 5.48. The fraction of sp³-hybridized carbons (Fsp3) is 0.600. The third kappa shape index (κ3) is 3.96. The van der Waals surface area contributed by atoms with Gasteiger partial charge in [0.1, 0.15) is 0 Å². The Labute approximate surface area is 158 Å². The van der Waals surface area contributed by atoms with Gasteiger partial charge < -0.3 is 14.6 Å².